The van der Waals surface area contributed by atoms with Gasteiger partial charge >= 0.3 is 0 Å². The molecule has 292 valence electrons. The van der Waals surface area contributed by atoms with E-state index in [1.807, 2.05) is 48.5 Å². The monoisotopic (exact) mass is 802 g/mol. The Bertz CT molecular complexity index is 3830. The lowest BCUT2D eigenvalue weighted by Gasteiger charge is -2.30. The zero-order chi connectivity index (χ0) is 41.2. The quantitative estimate of drug-likeness (QED) is 0.178. The average molecular weight is 803 g/mol. The van der Waals surface area contributed by atoms with Crippen molar-refractivity contribution in [2.45, 2.75) is 5.41 Å². The lowest BCUT2D eigenvalue weighted by Crippen LogP contribution is -2.25. The highest BCUT2D eigenvalue weighted by molar-refractivity contribution is 6.12. The van der Waals surface area contributed by atoms with E-state index < -0.39 is 0 Å². The van der Waals surface area contributed by atoms with Crippen LogP contribution in [0.1, 0.15) is 22.3 Å². The SMILES string of the molecule is c1ccc(-c2nc(-c3cccc4oc5ccccc5c34)nc(-n3c4ccccc4c4cc(-c5ccc6c(c5)-c5ccccc5C65c6ccccc6-c6ccccc65)ccc43)n2)cc1. The standard InChI is InChI=1S/C58H34N4O/c1-2-15-35(16-3-1)55-59-56(43-22-14-28-53-54(43)42-21-8-13-27-52(42)63-53)61-57(60-55)62-50-26-12-7-20-41(50)45-34-37(30-32-51(45)62)36-29-31-49-44(33-36)40-19-6-11-25-48(40)58(49)46-23-9-4-17-38(46)39-18-5-10-24-47(39)58/h1-34H. The lowest BCUT2D eigenvalue weighted by molar-refractivity contribution is 0.669. The number of furan rings is 1. The largest absolute Gasteiger partial charge is 0.456 e. The smallest absolute Gasteiger partial charge is 0.238 e. The van der Waals surface area contributed by atoms with E-state index in [-0.39, 0.29) is 5.41 Å². The molecule has 0 radical (unpaired) electrons. The van der Waals surface area contributed by atoms with E-state index in [0.29, 0.717) is 17.6 Å². The Labute approximate surface area is 362 Å². The molecule has 14 rings (SSSR count). The third-order valence-electron chi connectivity index (χ3n) is 13.5. The summed E-state index contributed by atoms with van der Waals surface area (Å²) in [5, 5.41) is 4.27. The number of rotatable bonds is 4. The average Bonchev–Trinajstić information content (AvgIpc) is 4.07. The van der Waals surface area contributed by atoms with E-state index in [1.165, 1.54) is 50.1 Å². The minimum Gasteiger partial charge on any atom is -0.456 e. The first kappa shape index (κ1) is 34.3. The van der Waals surface area contributed by atoms with Crippen molar-refractivity contribution in [3.05, 3.63) is 229 Å². The van der Waals surface area contributed by atoms with Crippen LogP contribution in [-0.4, -0.2) is 19.5 Å². The van der Waals surface area contributed by atoms with Crippen LogP contribution in [0.4, 0.5) is 0 Å². The number of fused-ring (bicyclic) bond motifs is 16. The van der Waals surface area contributed by atoms with E-state index in [9.17, 15) is 0 Å². The van der Waals surface area contributed by atoms with Crippen LogP contribution in [-0.2, 0) is 5.41 Å². The Hall–Kier alpha value is -8.41. The molecule has 63 heavy (non-hydrogen) atoms. The van der Waals surface area contributed by atoms with Gasteiger partial charge in [-0.2, -0.15) is 9.97 Å². The van der Waals surface area contributed by atoms with Gasteiger partial charge in [-0.15, -0.1) is 0 Å². The Morgan fingerprint density at radius 2 is 0.905 bits per heavy atom. The van der Waals surface area contributed by atoms with Gasteiger partial charge in [-0.25, -0.2) is 4.98 Å². The molecule has 0 saturated carbocycles. The van der Waals surface area contributed by atoms with Crippen molar-refractivity contribution in [2.75, 3.05) is 0 Å². The zero-order valence-corrected chi connectivity index (χ0v) is 33.8. The summed E-state index contributed by atoms with van der Waals surface area (Å²) in [6.45, 7) is 0. The normalized spacial score (nSPS) is 13.2. The predicted molar refractivity (Wildman–Crippen MR) is 254 cm³/mol. The Kier molecular flexibility index (Phi) is 6.97. The van der Waals surface area contributed by atoms with Gasteiger partial charge in [0.1, 0.15) is 11.2 Å². The molecule has 0 saturated heterocycles. The minimum absolute atomic E-state index is 0.368. The first-order valence-corrected chi connectivity index (χ1v) is 21.4. The summed E-state index contributed by atoms with van der Waals surface area (Å²) < 4.78 is 8.50. The van der Waals surface area contributed by atoms with Crippen LogP contribution in [0.25, 0.3) is 106 Å². The van der Waals surface area contributed by atoms with Crippen molar-refractivity contribution < 1.29 is 4.42 Å². The zero-order valence-electron chi connectivity index (χ0n) is 33.8. The maximum atomic E-state index is 6.31. The summed E-state index contributed by atoms with van der Waals surface area (Å²) in [6.07, 6.45) is 0. The van der Waals surface area contributed by atoms with Crippen LogP contribution in [0.15, 0.2) is 211 Å². The van der Waals surface area contributed by atoms with Crippen LogP contribution in [0, 0.1) is 0 Å². The molecule has 0 aliphatic heterocycles. The molecule has 3 aromatic heterocycles. The predicted octanol–water partition coefficient (Wildman–Crippen LogP) is 14.2. The summed E-state index contributed by atoms with van der Waals surface area (Å²) in [6, 6.07) is 73.8. The molecule has 9 aromatic carbocycles. The number of para-hydroxylation sites is 2. The van der Waals surface area contributed by atoms with E-state index >= 15 is 0 Å². The van der Waals surface area contributed by atoms with Crippen molar-refractivity contribution in [1.29, 1.82) is 0 Å². The molecule has 5 nitrogen and oxygen atoms in total. The number of hydrogen-bond donors (Lipinski definition) is 0. The summed E-state index contributed by atoms with van der Waals surface area (Å²) in [5.41, 5.74) is 18.0. The van der Waals surface area contributed by atoms with Crippen LogP contribution < -0.4 is 0 Å². The molecule has 0 amide bonds. The highest BCUT2D eigenvalue weighted by atomic mass is 16.3. The number of hydrogen-bond acceptors (Lipinski definition) is 4. The van der Waals surface area contributed by atoms with Crippen LogP contribution in [0.3, 0.4) is 0 Å². The number of nitrogens with zero attached hydrogens (tertiary/aromatic N) is 4. The molecule has 0 unspecified atom stereocenters. The maximum absolute atomic E-state index is 6.31. The third kappa shape index (κ3) is 4.68. The first-order valence-electron chi connectivity index (χ1n) is 21.4. The van der Waals surface area contributed by atoms with Gasteiger partial charge in [-0.1, -0.05) is 170 Å². The van der Waals surface area contributed by atoms with Crippen LogP contribution in [0.2, 0.25) is 0 Å². The number of benzene rings is 9. The summed E-state index contributed by atoms with van der Waals surface area (Å²) in [4.78, 5) is 15.7. The van der Waals surface area contributed by atoms with Gasteiger partial charge < -0.3 is 4.42 Å². The fraction of sp³-hybridized carbons (Fsp3) is 0.0172. The van der Waals surface area contributed by atoms with Gasteiger partial charge in [0.15, 0.2) is 11.6 Å². The Morgan fingerprint density at radius 1 is 0.349 bits per heavy atom. The first-order chi connectivity index (χ1) is 31.2. The molecule has 5 heteroatoms. The molecular formula is C58H34N4O. The van der Waals surface area contributed by atoms with Gasteiger partial charge in [0.05, 0.1) is 16.4 Å². The molecule has 3 heterocycles. The van der Waals surface area contributed by atoms with E-state index in [0.717, 1.165) is 60.4 Å². The van der Waals surface area contributed by atoms with Gasteiger partial charge in [-0.3, -0.25) is 4.57 Å². The van der Waals surface area contributed by atoms with E-state index in [1.54, 1.807) is 0 Å². The van der Waals surface area contributed by atoms with Gasteiger partial charge in [0.2, 0.25) is 5.95 Å². The second kappa shape index (κ2) is 12.8. The van der Waals surface area contributed by atoms with Crippen LogP contribution >= 0.6 is 0 Å². The van der Waals surface area contributed by atoms with E-state index in [2.05, 4.69) is 162 Å². The third-order valence-corrected chi connectivity index (χ3v) is 13.5. The highest BCUT2D eigenvalue weighted by Crippen LogP contribution is 2.63. The molecule has 0 fully saturated rings. The Morgan fingerprint density at radius 3 is 1.68 bits per heavy atom. The molecule has 0 N–H and O–H groups in total. The number of aromatic nitrogens is 4. The van der Waals surface area contributed by atoms with Crippen LogP contribution in [0.5, 0.6) is 0 Å². The molecule has 2 aliphatic carbocycles. The lowest BCUT2D eigenvalue weighted by atomic mass is 9.70. The summed E-state index contributed by atoms with van der Waals surface area (Å²) >= 11 is 0. The van der Waals surface area contributed by atoms with Gasteiger partial charge in [0.25, 0.3) is 0 Å². The van der Waals surface area contributed by atoms with Crippen molar-refractivity contribution in [1.82, 2.24) is 19.5 Å². The molecule has 12 aromatic rings. The molecular weight excluding hydrogens is 769 g/mol. The molecule has 0 bridgehead atoms. The maximum Gasteiger partial charge on any atom is 0.238 e. The van der Waals surface area contributed by atoms with Crippen molar-refractivity contribution in [3.63, 3.8) is 0 Å². The topological polar surface area (TPSA) is 56.7 Å². The van der Waals surface area contributed by atoms with E-state index in [4.69, 9.17) is 19.4 Å². The van der Waals surface area contributed by atoms with Crippen molar-refractivity contribution in [2.24, 2.45) is 0 Å². The van der Waals surface area contributed by atoms with Crippen molar-refractivity contribution in [3.8, 4) is 62.1 Å². The highest BCUT2D eigenvalue weighted by Gasteiger charge is 2.51. The fourth-order valence-electron chi connectivity index (χ4n) is 10.9. The molecule has 1 spiro atoms. The second-order valence-corrected chi connectivity index (χ2v) is 16.7. The van der Waals surface area contributed by atoms with Gasteiger partial charge in [0, 0.05) is 32.7 Å². The second-order valence-electron chi connectivity index (χ2n) is 16.7. The molecule has 0 atom stereocenters. The summed E-state index contributed by atoms with van der Waals surface area (Å²) in [5.74, 6) is 1.74. The Balaban J connectivity index is 0.965. The van der Waals surface area contributed by atoms with Gasteiger partial charge in [-0.05, 0) is 92.0 Å². The fourth-order valence-corrected chi connectivity index (χ4v) is 10.9. The molecule has 2 aliphatic rings. The minimum atomic E-state index is -0.368. The summed E-state index contributed by atoms with van der Waals surface area (Å²) in [7, 11) is 0. The van der Waals surface area contributed by atoms with Crippen molar-refractivity contribution >= 4 is 43.7 Å².